The van der Waals surface area contributed by atoms with Crippen LogP contribution in [-0.4, -0.2) is 20.5 Å². The Morgan fingerprint density at radius 1 is 1.23 bits per heavy atom. The van der Waals surface area contributed by atoms with Crippen molar-refractivity contribution in [2.45, 2.75) is 24.8 Å². The van der Waals surface area contributed by atoms with Crippen molar-refractivity contribution in [2.24, 2.45) is 0 Å². The molecule has 6 nitrogen and oxygen atoms in total. The van der Waals surface area contributed by atoms with Crippen LogP contribution in [0, 0.1) is 0 Å². The average Bonchev–Trinajstić information content (AvgIpc) is 3.31. The fourth-order valence-corrected chi connectivity index (χ4v) is 4.06. The van der Waals surface area contributed by atoms with Crippen molar-refractivity contribution in [3.63, 3.8) is 0 Å². The maximum absolute atomic E-state index is 13.1. The molecule has 0 bridgehead atoms. The maximum Gasteiger partial charge on any atom is 0.226 e. The molecule has 0 saturated heterocycles. The van der Waals surface area contributed by atoms with Gasteiger partial charge in [0, 0.05) is 28.6 Å². The molecule has 1 aliphatic carbocycles. The fourth-order valence-electron chi connectivity index (χ4n) is 3.86. The molecule has 0 radical (unpaired) electrons. The number of fused-ring (bicyclic) bond motifs is 1. The van der Waals surface area contributed by atoms with Crippen molar-refractivity contribution in [2.75, 3.05) is 5.32 Å². The summed E-state index contributed by atoms with van der Waals surface area (Å²) in [5.41, 5.74) is 2.53. The van der Waals surface area contributed by atoms with E-state index in [2.05, 4.69) is 15.4 Å². The molecule has 7 heteroatoms. The molecule has 5 rings (SSSR count). The summed E-state index contributed by atoms with van der Waals surface area (Å²) in [6.45, 7) is 0. The van der Waals surface area contributed by atoms with E-state index in [0.717, 1.165) is 22.6 Å². The van der Waals surface area contributed by atoms with Gasteiger partial charge in [-0.1, -0.05) is 23.7 Å². The number of nitrogens with one attached hydrogen (secondary N) is 1. The van der Waals surface area contributed by atoms with Gasteiger partial charge in [0.25, 0.3) is 0 Å². The van der Waals surface area contributed by atoms with E-state index >= 15 is 0 Å². The molecule has 1 aliphatic heterocycles. The smallest absolute Gasteiger partial charge is 0.226 e. The number of carbonyl (C=O) groups excluding carboxylic acids is 1. The Balaban J connectivity index is 1.63. The van der Waals surface area contributed by atoms with Gasteiger partial charge in [0.1, 0.15) is 18.1 Å². The molecule has 0 saturated carbocycles. The topological polar surface area (TPSA) is 73.0 Å². The lowest BCUT2D eigenvalue weighted by Crippen LogP contribution is -2.33. The van der Waals surface area contributed by atoms with Crippen molar-refractivity contribution in [1.29, 1.82) is 0 Å². The lowest BCUT2D eigenvalue weighted by atomic mass is 9.79. The number of Topliss-reactive ketones (excluding diaryl/α,β-unsaturated/α-hetero) is 1. The lowest BCUT2D eigenvalue weighted by molar-refractivity contribution is -0.117. The third kappa shape index (κ3) is 2.37. The molecule has 130 valence electrons. The SMILES string of the molecule is O=C1C[C@@H](c2ccco2)CC2=C1[C@@H](c1cccc(Cl)c1)n1ncnc1N2. The Kier molecular flexibility index (Phi) is 3.46. The van der Waals surface area contributed by atoms with Crippen molar-refractivity contribution in [1.82, 2.24) is 14.8 Å². The first-order chi connectivity index (χ1) is 12.7. The van der Waals surface area contributed by atoms with Crippen molar-refractivity contribution < 1.29 is 9.21 Å². The second-order valence-corrected chi connectivity index (χ2v) is 6.98. The third-order valence-corrected chi connectivity index (χ3v) is 5.21. The van der Waals surface area contributed by atoms with Crippen LogP contribution in [0.2, 0.25) is 5.02 Å². The van der Waals surface area contributed by atoms with Gasteiger partial charge >= 0.3 is 0 Å². The van der Waals surface area contributed by atoms with Crippen LogP contribution in [0.4, 0.5) is 5.95 Å². The zero-order valence-electron chi connectivity index (χ0n) is 13.7. The predicted octanol–water partition coefficient (Wildman–Crippen LogP) is 3.94. The quantitative estimate of drug-likeness (QED) is 0.743. The summed E-state index contributed by atoms with van der Waals surface area (Å²) in [5, 5.41) is 8.25. The van der Waals surface area contributed by atoms with Gasteiger partial charge in [-0.15, -0.1) is 0 Å². The summed E-state index contributed by atoms with van der Waals surface area (Å²) < 4.78 is 7.28. The number of halogens is 1. The van der Waals surface area contributed by atoms with Crippen LogP contribution in [0.25, 0.3) is 0 Å². The molecule has 0 spiro atoms. The molecule has 2 atom stereocenters. The first-order valence-electron chi connectivity index (χ1n) is 8.42. The highest BCUT2D eigenvalue weighted by molar-refractivity contribution is 6.30. The molecule has 0 fully saturated rings. The van der Waals surface area contributed by atoms with Crippen LogP contribution in [0.5, 0.6) is 0 Å². The highest BCUT2D eigenvalue weighted by atomic mass is 35.5. The Bertz CT molecular complexity index is 1020. The van der Waals surface area contributed by atoms with Gasteiger partial charge in [-0.25, -0.2) is 4.68 Å². The zero-order chi connectivity index (χ0) is 17.7. The molecule has 3 aromatic rings. The van der Waals surface area contributed by atoms with E-state index in [1.54, 1.807) is 10.9 Å². The molecule has 0 amide bonds. The summed E-state index contributed by atoms with van der Waals surface area (Å²) in [4.78, 5) is 17.4. The number of furan rings is 1. The molecule has 0 unspecified atom stereocenters. The number of hydrogen-bond acceptors (Lipinski definition) is 5. The fraction of sp³-hybridized carbons (Fsp3) is 0.211. The normalized spacial score (nSPS) is 22.0. The van der Waals surface area contributed by atoms with Crippen LogP contribution in [0.1, 0.15) is 36.1 Å². The number of nitrogens with zero attached hydrogens (tertiary/aromatic N) is 3. The summed E-state index contributed by atoms with van der Waals surface area (Å²) in [5.74, 6) is 1.57. The van der Waals surface area contributed by atoms with E-state index in [0.29, 0.717) is 23.8 Å². The van der Waals surface area contributed by atoms with E-state index in [1.807, 2.05) is 36.4 Å². The number of anilines is 1. The summed E-state index contributed by atoms with van der Waals surface area (Å²) in [6, 6.07) is 11.0. The van der Waals surface area contributed by atoms with E-state index in [9.17, 15) is 4.79 Å². The minimum absolute atomic E-state index is 0.0261. The molecular weight excluding hydrogens is 352 g/mol. The second kappa shape index (κ2) is 5.85. The summed E-state index contributed by atoms with van der Waals surface area (Å²) in [6.07, 6.45) is 4.24. The highest BCUT2D eigenvalue weighted by Crippen LogP contribution is 2.44. The van der Waals surface area contributed by atoms with E-state index in [1.165, 1.54) is 6.33 Å². The highest BCUT2D eigenvalue weighted by Gasteiger charge is 2.39. The van der Waals surface area contributed by atoms with Gasteiger partial charge in [-0.2, -0.15) is 10.1 Å². The number of hydrogen-bond donors (Lipinski definition) is 1. The van der Waals surface area contributed by atoms with Crippen molar-refractivity contribution in [3.8, 4) is 0 Å². The number of carbonyl (C=O) groups is 1. The van der Waals surface area contributed by atoms with Crippen LogP contribution < -0.4 is 5.32 Å². The number of benzene rings is 1. The molecule has 1 aromatic carbocycles. The van der Waals surface area contributed by atoms with Crippen molar-refractivity contribution >= 4 is 23.3 Å². The van der Waals surface area contributed by atoms with Gasteiger partial charge < -0.3 is 9.73 Å². The Morgan fingerprint density at radius 2 is 2.15 bits per heavy atom. The lowest BCUT2D eigenvalue weighted by Gasteiger charge is -2.34. The monoisotopic (exact) mass is 366 g/mol. The standard InChI is InChI=1S/C19H15ClN4O2/c20-13-4-1-3-11(7-13)18-17-14(23-19-21-10-22-24(18)19)8-12(9-15(17)25)16-5-2-6-26-16/h1-7,10,12,18H,8-9H2,(H,21,22,23)/t12-,18+/m0/s1. The van der Waals surface area contributed by atoms with Crippen LogP contribution >= 0.6 is 11.6 Å². The molecule has 26 heavy (non-hydrogen) atoms. The third-order valence-electron chi connectivity index (χ3n) is 4.97. The molecule has 1 N–H and O–H groups in total. The largest absolute Gasteiger partial charge is 0.469 e. The Labute approximate surface area is 154 Å². The minimum Gasteiger partial charge on any atom is -0.469 e. The Hall–Kier alpha value is -2.86. The molecule has 2 aromatic heterocycles. The van der Waals surface area contributed by atoms with Gasteiger partial charge in [0.2, 0.25) is 5.95 Å². The average molecular weight is 367 g/mol. The van der Waals surface area contributed by atoms with Gasteiger partial charge in [0.05, 0.1) is 6.26 Å². The minimum atomic E-state index is -0.326. The van der Waals surface area contributed by atoms with Crippen LogP contribution in [-0.2, 0) is 4.79 Å². The first-order valence-corrected chi connectivity index (χ1v) is 8.80. The first kappa shape index (κ1) is 15.4. The number of ketones is 1. The van der Waals surface area contributed by atoms with Crippen LogP contribution in [0.15, 0.2) is 64.7 Å². The van der Waals surface area contributed by atoms with Gasteiger partial charge in [-0.3, -0.25) is 4.79 Å². The zero-order valence-corrected chi connectivity index (χ0v) is 14.5. The van der Waals surface area contributed by atoms with E-state index < -0.39 is 0 Å². The molecular formula is C19H15ClN4O2. The second-order valence-electron chi connectivity index (χ2n) is 6.55. The van der Waals surface area contributed by atoms with Gasteiger partial charge in [-0.05, 0) is 36.2 Å². The number of aromatic nitrogens is 3. The predicted molar refractivity (Wildman–Crippen MR) is 96.0 cm³/mol. The van der Waals surface area contributed by atoms with E-state index in [4.69, 9.17) is 16.0 Å². The number of allylic oxidation sites excluding steroid dienone is 2. The summed E-state index contributed by atoms with van der Waals surface area (Å²) >= 11 is 6.19. The van der Waals surface area contributed by atoms with Crippen LogP contribution in [0.3, 0.4) is 0 Å². The molecule has 3 heterocycles. The maximum atomic E-state index is 13.1. The Morgan fingerprint density at radius 3 is 2.96 bits per heavy atom. The number of rotatable bonds is 2. The van der Waals surface area contributed by atoms with E-state index in [-0.39, 0.29) is 17.7 Å². The van der Waals surface area contributed by atoms with Crippen molar-refractivity contribution in [3.05, 3.63) is 76.6 Å². The van der Waals surface area contributed by atoms with Gasteiger partial charge in [0.15, 0.2) is 5.78 Å². The molecule has 2 aliphatic rings. The summed E-state index contributed by atoms with van der Waals surface area (Å²) in [7, 11) is 0.